The number of hydrazone groups is 1. The van der Waals surface area contributed by atoms with Crippen LogP contribution in [-0.4, -0.2) is 50.0 Å². The highest BCUT2D eigenvalue weighted by atomic mass is 16.6. The van der Waals surface area contributed by atoms with E-state index in [1.165, 1.54) is 17.8 Å². The number of nitrogens with one attached hydrogen (secondary N) is 1. The third-order valence-corrected chi connectivity index (χ3v) is 4.06. The molecule has 3 N–H and O–H groups in total. The summed E-state index contributed by atoms with van der Waals surface area (Å²) in [5.74, 6) is -0.357. The number of aromatic nitrogens is 5. The average Bonchev–Trinajstić information content (AvgIpc) is 3.35. The lowest BCUT2D eigenvalue weighted by atomic mass is 10.1. The summed E-state index contributed by atoms with van der Waals surface area (Å²) in [5, 5.41) is 19.1. The van der Waals surface area contributed by atoms with Gasteiger partial charge in [0.15, 0.2) is 17.2 Å². The maximum atomic E-state index is 12.7. The van der Waals surface area contributed by atoms with Gasteiger partial charge < -0.3 is 15.2 Å². The van der Waals surface area contributed by atoms with E-state index in [0.29, 0.717) is 29.4 Å². The minimum Gasteiger partial charge on any atom is -0.490 e. The number of ether oxygens (including phenoxy) is 2. The van der Waals surface area contributed by atoms with Crippen LogP contribution < -0.4 is 20.6 Å². The van der Waals surface area contributed by atoms with Crippen molar-refractivity contribution in [2.75, 3.05) is 12.3 Å². The van der Waals surface area contributed by atoms with Crippen LogP contribution in [0.25, 0.3) is 5.82 Å². The van der Waals surface area contributed by atoms with Crippen LogP contribution in [0.5, 0.6) is 11.5 Å². The number of nitrogen functional groups attached to an aromatic ring is 1. The minimum absolute atomic E-state index is 0.0177. The highest BCUT2D eigenvalue weighted by molar-refractivity contribution is 5.94. The number of carbonyl (C=O) groups is 2. The number of carbonyl (C=O) groups excluding carboxylic acids is 2. The molecule has 13 nitrogen and oxygen atoms in total. The summed E-state index contributed by atoms with van der Waals surface area (Å²) in [5.41, 5.74) is 9.26. The fourth-order valence-electron chi connectivity index (χ4n) is 2.79. The molecule has 2 aromatic heterocycles. The van der Waals surface area contributed by atoms with E-state index in [2.05, 4.69) is 35.8 Å². The smallest absolute Gasteiger partial charge is 0.308 e. The molecule has 0 saturated heterocycles. The Labute approximate surface area is 182 Å². The molecule has 1 aromatic carbocycles. The predicted molar refractivity (Wildman–Crippen MR) is 112 cm³/mol. The van der Waals surface area contributed by atoms with E-state index in [0.717, 1.165) is 0 Å². The number of nitrogens with zero attached hydrogens (tertiary/aromatic N) is 6. The molecule has 0 atom stereocenters. The molecule has 168 valence electrons. The lowest BCUT2D eigenvalue weighted by Crippen LogP contribution is -2.21. The van der Waals surface area contributed by atoms with Crippen molar-refractivity contribution in [2.24, 2.45) is 5.10 Å². The van der Waals surface area contributed by atoms with E-state index in [1.54, 1.807) is 25.1 Å². The first kappa shape index (κ1) is 22.4. The van der Waals surface area contributed by atoms with E-state index < -0.39 is 11.9 Å². The van der Waals surface area contributed by atoms with Crippen LogP contribution in [0, 0.1) is 0 Å². The maximum absolute atomic E-state index is 12.7. The van der Waals surface area contributed by atoms with Crippen LogP contribution in [0.2, 0.25) is 0 Å². The van der Waals surface area contributed by atoms with Crippen LogP contribution in [0.1, 0.15) is 55.4 Å². The summed E-state index contributed by atoms with van der Waals surface area (Å²) in [4.78, 5) is 23.9. The van der Waals surface area contributed by atoms with Crippen molar-refractivity contribution in [3.8, 4) is 17.3 Å². The van der Waals surface area contributed by atoms with Gasteiger partial charge in [-0.2, -0.15) is 9.78 Å². The Morgan fingerprint density at radius 1 is 1.31 bits per heavy atom. The van der Waals surface area contributed by atoms with Crippen LogP contribution in [-0.2, 0) is 4.79 Å². The first-order valence-electron chi connectivity index (χ1n) is 9.64. The third-order valence-electron chi connectivity index (χ3n) is 4.06. The molecule has 32 heavy (non-hydrogen) atoms. The number of hydrogen-bond acceptors (Lipinski definition) is 11. The number of rotatable bonds is 8. The molecule has 0 spiro atoms. The molecule has 0 bridgehead atoms. The molecule has 0 aliphatic carbocycles. The van der Waals surface area contributed by atoms with Crippen LogP contribution in [0.3, 0.4) is 0 Å². The monoisotopic (exact) mass is 442 g/mol. The first-order valence-corrected chi connectivity index (χ1v) is 9.64. The Morgan fingerprint density at radius 3 is 2.72 bits per heavy atom. The van der Waals surface area contributed by atoms with E-state index in [9.17, 15) is 9.59 Å². The van der Waals surface area contributed by atoms with Gasteiger partial charge >= 0.3 is 5.97 Å². The maximum Gasteiger partial charge on any atom is 0.308 e. The van der Waals surface area contributed by atoms with Crippen LogP contribution >= 0.6 is 0 Å². The number of nitrogens with two attached hydrogens (primary N) is 1. The van der Waals surface area contributed by atoms with Crippen molar-refractivity contribution in [3.63, 3.8) is 0 Å². The summed E-state index contributed by atoms with van der Waals surface area (Å²) in [6.07, 6.45) is 1.41. The molecule has 0 unspecified atom stereocenters. The van der Waals surface area contributed by atoms with Crippen molar-refractivity contribution in [1.82, 2.24) is 30.7 Å². The van der Waals surface area contributed by atoms with Gasteiger partial charge in [0.25, 0.3) is 5.91 Å². The number of benzene rings is 1. The Balaban J connectivity index is 1.79. The first-order chi connectivity index (χ1) is 15.3. The molecule has 0 radical (unpaired) electrons. The third kappa shape index (κ3) is 4.88. The molecule has 13 heteroatoms. The second kappa shape index (κ2) is 9.68. The second-order valence-corrected chi connectivity index (χ2v) is 6.79. The predicted octanol–water partition coefficient (Wildman–Crippen LogP) is 1.44. The Morgan fingerprint density at radius 2 is 2.09 bits per heavy atom. The molecular formula is C19H22N8O5. The number of hydrogen-bond donors (Lipinski definition) is 2. The standard InChI is InChI=1S/C19H22N8O5/c1-5-30-14-8-12(6-7-13(14)31-11(4)28)9-21-23-19(29)15-16(10(2)3)27(26-22-15)18-17(20)24-32-25-18/h6-10H,5H2,1-4H3,(H2,20,24)(H,23,29). The van der Waals surface area contributed by atoms with Crippen molar-refractivity contribution < 1.29 is 23.7 Å². The topological polar surface area (TPSA) is 173 Å². The fraction of sp³-hybridized carbons (Fsp3) is 0.316. The van der Waals surface area contributed by atoms with E-state index in [1.807, 2.05) is 13.8 Å². The molecule has 1 amide bonds. The zero-order valence-corrected chi connectivity index (χ0v) is 17.9. The van der Waals surface area contributed by atoms with Crippen molar-refractivity contribution in [3.05, 3.63) is 35.2 Å². The van der Waals surface area contributed by atoms with E-state index in [-0.39, 0.29) is 23.2 Å². The molecule has 3 aromatic rings. The van der Waals surface area contributed by atoms with Gasteiger partial charge in [-0.25, -0.2) is 10.1 Å². The summed E-state index contributed by atoms with van der Waals surface area (Å²) >= 11 is 0. The van der Waals surface area contributed by atoms with Gasteiger partial charge in [-0.3, -0.25) is 9.59 Å². The summed E-state index contributed by atoms with van der Waals surface area (Å²) < 4.78 is 16.5. The molecule has 3 rings (SSSR count). The largest absolute Gasteiger partial charge is 0.490 e. The zero-order valence-electron chi connectivity index (χ0n) is 17.9. The average molecular weight is 442 g/mol. The molecule has 0 aliphatic rings. The van der Waals surface area contributed by atoms with Crippen LogP contribution in [0.4, 0.5) is 5.82 Å². The van der Waals surface area contributed by atoms with Gasteiger partial charge in [0.1, 0.15) is 0 Å². The van der Waals surface area contributed by atoms with E-state index >= 15 is 0 Å². The normalized spacial score (nSPS) is 11.2. The lowest BCUT2D eigenvalue weighted by molar-refractivity contribution is -0.132. The zero-order chi connectivity index (χ0) is 23.3. The fourth-order valence-corrected chi connectivity index (χ4v) is 2.79. The lowest BCUT2D eigenvalue weighted by Gasteiger charge is -2.10. The minimum atomic E-state index is -0.576. The van der Waals surface area contributed by atoms with Gasteiger partial charge in [0.05, 0.1) is 18.5 Å². The molecule has 0 aliphatic heterocycles. The Kier molecular flexibility index (Phi) is 6.77. The molecule has 2 heterocycles. The van der Waals surface area contributed by atoms with Gasteiger partial charge in [-0.15, -0.1) is 5.10 Å². The number of esters is 1. The summed E-state index contributed by atoms with van der Waals surface area (Å²) in [7, 11) is 0. The SMILES string of the molecule is CCOc1cc(C=NNC(=O)c2nnn(-c3nonc3N)c2C(C)C)ccc1OC(C)=O. The van der Waals surface area contributed by atoms with Gasteiger partial charge in [0.2, 0.25) is 11.6 Å². The quantitative estimate of drug-likeness (QED) is 0.225. The Hall–Kier alpha value is -4.29. The number of anilines is 1. The summed E-state index contributed by atoms with van der Waals surface area (Å²) in [6.45, 7) is 7.21. The van der Waals surface area contributed by atoms with Gasteiger partial charge in [-0.1, -0.05) is 19.1 Å². The van der Waals surface area contributed by atoms with Crippen molar-refractivity contribution in [1.29, 1.82) is 0 Å². The highest BCUT2D eigenvalue weighted by Gasteiger charge is 2.25. The second-order valence-electron chi connectivity index (χ2n) is 6.79. The van der Waals surface area contributed by atoms with E-state index in [4.69, 9.17) is 15.2 Å². The van der Waals surface area contributed by atoms with Crippen molar-refractivity contribution >= 4 is 23.9 Å². The van der Waals surface area contributed by atoms with Crippen molar-refractivity contribution in [2.45, 2.75) is 33.6 Å². The molecule has 0 saturated carbocycles. The highest BCUT2D eigenvalue weighted by Crippen LogP contribution is 2.28. The summed E-state index contributed by atoms with van der Waals surface area (Å²) in [6, 6.07) is 4.87. The van der Waals surface area contributed by atoms with Crippen LogP contribution in [0.15, 0.2) is 27.9 Å². The Bertz CT molecular complexity index is 1150. The molecule has 0 fully saturated rings. The van der Waals surface area contributed by atoms with Gasteiger partial charge in [0, 0.05) is 6.92 Å². The number of amides is 1. The van der Waals surface area contributed by atoms with Gasteiger partial charge in [-0.05, 0) is 46.9 Å². The molecular weight excluding hydrogens is 420 g/mol.